The molecule has 0 radical (unpaired) electrons. The summed E-state index contributed by atoms with van der Waals surface area (Å²) in [6.07, 6.45) is -0.367. The molecule has 41 heavy (non-hydrogen) atoms. The minimum Gasteiger partial charge on any atom is -0.492 e. The third-order valence-electron chi connectivity index (χ3n) is 6.22. The lowest BCUT2D eigenvalue weighted by Gasteiger charge is -2.17. The molecule has 0 aliphatic carbocycles. The number of alkyl halides is 3. The van der Waals surface area contributed by atoms with Gasteiger partial charge < -0.3 is 24.2 Å². The first kappa shape index (κ1) is 30.0. The number of pyridine rings is 1. The fourth-order valence-corrected chi connectivity index (χ4v) is 4.46. The lowest BCUT2D eigenvalue weighted by molar-refractivity contribution is -0.138. The van der Waals surface area contributed by atoms with Crippen molar-refractivity contribution < 1.29 is 42.1 Å². The molecule has 1 N–H and O–H groups in total. The molecule has 10 nitrogen and oxygen atoms in total. The van der Waals surface area contributed by atoms with Gasteiger partial charge in [0.2, 0.25) is 17.7 Å². The van der Waals surface area contributed by atoms with E-state index >= 15 is 0 Å². The van der Waals surface area contributed by atoms with E-state index in [2.05, 4.69) is 10.1 Å². The summed E-state index contributed by atoms with van der Waals surface area (Å²) in [7, 11) is 1.66. The van der Waals surface area contributed by atoms with Crippen LogP contribution in [0.1, 0.15) is 36.0 Å². The molecule has 3 heterocycles. The molecule has 1 aromatic carbocycles. The van der Waals surface area contributed by atoms with Crippen LogP contribution in [0.5, 0.6) is 23.3 Å². The van der Waals surface area contributed by atoms with Gasteiger partial charge in [0.25, 0.3) is 0 Å². The number of rotatable bonds is 13. The number of aliphatic carboxylic acids is 1. The van der Waals surface area contributed by atoms with Gasteiger partial charge in [0.15, 0.2) is 0 Å². The number of carboxylic acids is 1. The Hall–Kier alpha value is -4.00. The van der Waals surface area contributed by atoms with E-state index in [-0.39, 0.29) is 48.1 Å². The van der Waals surface area contributed by atoms with E-state index in [1.807, 2.05) is 0 Å². The Morgan fingerprint density at radius 1 is 1.15 bits per heavy atom. The first-order valence-corrected chi connectivity index (χ1v) is 13.2. The number of aryl methyl sites for hydroxylation is 2. The lowest BCUT2D eigenvalue weighted by atomic mass is 10.1. The molecule has 1 saturated heterocycles. The summed E-state index contributed by atoms with van der Waals surface area (Å²) in [6, 6.07) is 5.80. The van der Waals surface area contributed by atoms with Gasteiger partial charge in [0, 0.05) is 44.0 Å². The van der Waals surface area contributed by atoms with Gasteiger partial charge >= 0.3 is 12.1 Å². The highest BCUT2D eigenvalue weighted by molar-refractivity contribution is 6.31. The monoisotopic (exact) mass is 596 g/mol. The molecule has 1 aliphatic rings. The standard InChI is InChI=1S/C27H28ClF3N4O6/c1-34-16-18(12-24(37)38)25(33-34)40-10-3-4-17-6-7-20(39-11-9-35-8-2-5-23(35)36)14-22(17)41-26-21(28)13-19(15-32-26)27(29,30)31/h6-7,13-16H,2-5,8-12H2,1H3,(H,37,38). The maximum absolute atomic E-state index is 13.1. The molecule has 0 spiro atoms. The zero-order valence-corrected chi connectivity index (χ0v) is 22.9. The Kier molecular flexibility index (Phi) is 9.58. The van der Waals surface area contributed by atoms with Crippen LogP contribution in [0, 0.1) is 0 Å². The quantitative estimate of drug-likeness (QED) is 0.277. The second-order valence-electron chi connectivity index (χ2n) is 9.37. The number of benzene rings is 1. The van der Waals surface area contributed by atoms with Crippen molar-refractivity contribution in [2.24, 2.45) is 7.05 Å². The number of carboxylic acid groups (broad SMARTS) is 1. The molecule has 1 amide bonds. The number of aromatic nitrogens is 3. The van der Waals surface area contributed by atoms with Gasteiger partial charge in [-0.05, 0) is 37.0 Å². The van der Waals surface area contributed by atoms with E-state index in [1.165, 1.54) is 4.68 Å². The van der Waals surface area contributed by atoms with Gasteiger partial charge in [0.1, 0.15) is 23.1 Å². The third-order valence-corrected chi connectivity index (χ3v) is 6.49. The average Bonchev–Trinajstić information content (AvgIpc) is 3.46. The Morgan fingerprint density at radius 2 is 1.95 bits per heavy atom. The van der Waals surface area contributed by atoms with Gasteiger partial charge in [-0.2, -0.15) is 13.2 Å². The second kappa shape index (κ2) is 13.1. The van der Waals surface area contributed by atoms with Crippen LogP contribution >= 0.6 is 11.6 Å². The van der Waals surface area contributed by atoms with Crippen LogP contribution in [-0.4, -0.2) is 63.0 Å². The van der Waals surface area contributed by atoms with E-state index in [0.29, 0.717) is 55.4 Å². The number of amides is 1. The second-order valence-corrected chi connectivity index (χ2v) is 9.78. The number of ether oxygens (including phenoxy) is 3. The minimum absolute atomic E-state index is 0.0824. The predicted octanol–water partition coefficient (Wildman–Crippen LogP) is 4.92. The number of likely N-dealkylation sites (tertiary alicyclic amines) is 1. The van der Waals surface area contributed by atoms with Crippen LogP contribution in [0.2, 0.25) is 5.02 Å². The molecule has 3 aromatic rings. The van der Waals surface area contributed by atoms with Crippen molar-refractivity contribution in [2.75, 3.05) is 26.3 Å². The molecular weight excluding hydrogens is 569 g/mol. The van der Waals surface area contributed by atoms with E-state index in [1.54, 1.807) is 36.3 Å². The molecule has 2 aromatic heterocycles. The van der Waals surface area contributed by atoms with Crippen LogP contribution in [-0.2, 0) is 35.7 Å². The summed E-state index contributed by atoms with van der Waals surface area (Å²) in [5.41, 5.74) is 0.127. The maximum atomic E-state index is 13.1. The van der Waals surface area contributed by atoms with E-state index in [4.69, 9.17) is 30.9 Å². The van der Waals surface area contributed by atoms with Gasteiger partial charge in [0.05, 0.1) is 25.1 Å². The van der Waals surface area contributed by atoms with Crippen molar-refractivity contribution in [1.82, 2.24) is 19.7 Å². The van der Waals surface area contributed by atoms with E-state index in [9.17, 15) is 22.8 Å². The molecule has 14 heteroatoms. The molecule has 0 atom stereocenters. The highest BCUT2D eigenvalue weighted by Gasteiger charge is 2.32. The Labute approximate surface area is 238 Å². The first-order chi connectivity index (χ1) is 19.5. The average molecular weight is 597 g/mol. The van der Waals surface area contributed by atoms with Crippen molar-refractivity contribution >= 4 is 23.5 Å². The zero-order valence-electron chi connectivity index (χ0n) is 22.1. The normalized spacial score (nSPS) is 13.5. The van der Waals surface area contributed by atoms with Gasteiger partial charge in [-0.1, -0.05) is 17.7 Å². The van der Waals surface area contributed by atoms with Crippen molar-refractivity contribution in [3.05, 3.63) is 58.4 Å². The molecular formula is C27H28ClF3N4O6. The Balaban J connectivity index is 1.45. The van der Waals surface area contributed by atoms with Gasteiger partial charge in [-0.15, -0.1) is 5.10 Å². The van der Waals surface area contributed by atoms with Gasteiger partial charge in [-0.3, -0.25) is 14.3 Å². The topological polar surface area (TPSA) is 116 Å². The molecule has 0 unspecified atom stereocenters. The van der Waals surface area contributed by atoms with Crippen LogP contribution < -0.4 is 14.2 Å². The summed E-state index contributed by atoms with van der Waals surface area (Å²) in [6.45, 7) is 1.58. The van der Waals surface area contributed by atoms with Crippen molar-refractivity contribution in [2.45, 2.75) is 38.3 Å². The van der Waals surface area contributed by atoms with Crippen LogP contribution in [0.25, 0.3) is 0 Å². The first-order valence-electron chi connectivity index (χ1n) is 12.8. The lowest BCUT2D eigenvalue weighted by Crippen LogP contribution is -2.29. The van der Waals surface area contributed by atoms with Gasteiger partial charge in [-0.25, -0.2) is 4.98 Å². The number of carbonyl (C=O) groups excluding carboxylic acids is 1. The summed E-state index contributed by atoms with van der Waals surface area (Å²) in [5, 5.41) is 12.9. The summed E-state index contributed by atoms with van der Waals surface area (Å²) in [5.74, 6) is -0.190. The highest BCUT2D eigenvalue weighted by Crippen LogP contribution is 2.36. The maximum Gasteiger partial charge on any atom is 0.417 e. The fourth-order valence-electron chi connectivity index (χ4n) is 4.25. The molecule has 0 saturated carbocycles. The minimum atomic E-state index is -4.61. The summed E-state index contributed by atoms with van der Waals surface area (Å²) < 4.78 is 58.0. The molecule has 0 bridgehead atoms. The Bertz CT molecular complexity index is 1400. The predicted molar refractivity (Wildman–Crippen MR) is 140 cm³/mol. The Morgan fingerprint density at radius 3 is 2.63 bits per heavy atom. The van der Waals surface area contributed by atoms with Crippen molar-refractivity contribution in [3.63, 3.8) is 0 Å². The van der Waals surface area contributed by atoms with E-state index < -0.39 is 17.7 Å². The third kappa shape index (κ3) is 8.26. The smallest absolute Gasteiger partial charge is 0.417 e. The summed E-state index contributed by atoms with van der Waals surface area (Å²) >= 11 is 6.07. The summed E-state index contributed by atoms with van der Waals surface area (Å²) in [4.78, 5) is 28.4. The zero-order chi connectivity index (χ0) is 29.6. The van der Waals surface area contributed by atoms with E-state index in [0.717, 1.165) is 12.5 Å². The number of hydrogen-bond donors (Lipinski definition) is 1. The molecule has 1 fully saturated rings. The van der Waals surface area contributed by atoms with Crippen LogP contribution in [0.3, 0.4) is 0 Å². The molecule has 220 valence electrons. The molecule has 1 aliphatic heterocycles. The van der Waals surface area contributed by atoms with Crippen LogP contribution in [0.15, 0.2) is 36.7 Å². The highest BCUT2D eigenvalue weighted by atomic mass is 35.5. The van der Waals surface area contributed by atoms with Crippen molar-refractivity contribution in [3.8, 4) is 23.3 Å². The number of nitrogens with zero attached hydrogens (tertiary/aromatic N) is 4. The van der Waals surface area contributed by atoms with Crippen molar-refractivity contribution in [1.29, 1.82) is 0 Å². The number of carbonyl (C=O) groups is 2. The SMILES string of the molecule is Cn1cc(CC(=O)O)c(OCCCc2ccc(OCCN3CCCC3=O)cc2Oc2ncc(C(F)(F)F)cc2Cl)n1. The molecule has 4 rings (SSSR count). The number of halogens is 4. The fraction of sp³-hybridized carbons (Fsp3) is 0.407. The number of hydrogen-bond acceptors (Lipinski definition) is 7. The largest absolute Gasteiger partial charge is 0.492 e. The van der Waals surface area contributed by atoms with Crippen LogP contribution in [0.4, 0.5) is 13.2 Å².